The van der Waals surface area contributed by atoms with Crippen LogP contribution in [-0.4, -0.2) is 37.2 Å². The summed E-state index contributed by atoms with van der Waals surface area (Å²) in [6.45, 7) is 6.70. The largest absolute Gasteiger partial charge is 0.462 e. The van der Waals surface area contributed by atoms with Gasteiger partial charge in [-0.1, -0.05) is 334 Å². The van der Waals surface area contributed by atoms with E-state index in [0.717, 1.165) is 64.2 Å². The van der Waals surface area contributed by atoms with Crippen molar-refractivity contribution in [2.45, 2.75) is 406 Å². The van der Waals surface area contributed by atoms with E-state index in [9.17, 15) is 14.4 Å². The highest BCUT2D eigenvalue weighted by Crippen LogP contribution is 2.19. The molecule has 0 heterocycles. The van der Waals surface area contributed by atoms with E-state index in [4.69, 9.17) is 14.2 Å². The molecule has 0 bridgehead atoms. The molecule has 0 aromatic rings. The van der Waals surface area contributed by atoms with Crippen LogP contribution in [0.5, 0.6) is 0 Å². The van der Waals surface area contributed by atoms with Gasteiger partial charge in [0.2, 0.25) is 0 Å². The molecule has 0 aliphatic rings. The van der Waals surface area contributed by atoms with Crippen LogP contribution in [0.1, 0.15) is 400 Å². The predicted molar refractivity (Wildman–Crippen MR) is 340 cm³/mol. The van der Waals surface area contributed by atoms with Crippen molar-refractivity contribution < 1.29 is 28.6 Å². The summed E-state index contributed by atoms with van der Waals surface area (Å²) in [4.78, 5) is 38.3. The maximum atomic E-state index is 12.9. The minimum absolute atomic E-state index is 0.0674. The third-order valence-electron chi connectivity index (χ3n) is 16.2. The lowest BCUT2D eigenvalue weighted by atomic mass is 10.0. The maximum absolute atomic E-state index is 12.9. The number of ether oxygens (including phenoxy) is 3. The first-order valence-corrected chi connectivity index (χ1v) is 35.3. The Labute approximate surface area is 487 Å². The molecular formula is C72H136O6. The smallest absolute Gasteiger partial charge is 0.306 e. The molecule has 0 fully saturated rings. The van der Waals surface area contributed by atoms with Gasteiger partial charge in [0.15, 0.2) is 6.10 Å². The van der Waals surface area contributed by atoms with E-state index in [2.05, 4.69) is 45.1 Å². The summed E-state index contributed by atoms with van der Waals surface area (Å²) >= 11 is 0. The van der Waals surface area contributed by atoms with Crippen LogP contribution in [0.3, 0.4) is 0 Å². The first-order chi connectivity index (χ1) is 38.5. The molecule has 6 nitrogen and oxygen atoms in total. The van der Waals surface area contributed by atoms with Crippen molar-refractivity contribution in [1.82, 2.24) is 0 Å². The van der Waals surface area contributed by atoms with Gasteiger partial charge in [0.05, 0.1) is 0 Å². The van der Waals surface area contributed by atoms with Crippen molar-refractivity contribution in [3.63, 3.8) is 0 Å². The Morgan fingerprint density at radius 2 is 0.423 bits per heavy atom. The van der Waals surface area contributed by atoms with Crippen LogP contribution >= 0.6 is 0 Å². The molecule has 78 heavy (non-hydrogen) atoms. The number of allylic oxidation sites excluding steroid dienone is 4. The number of hydrogen-bond donors (Lipinski definition) is 0. The van der Waals surface area contributed by atoms with Crippen molar-refractivity contribution in [3.8, 4) is 0 Å². The van der Waals surface area contributed by atoms with Gasteiger partial charge in [0.1, 0.15) is 13.2 Å². The first kappa shape index (κ1) is 75.9. The number of hydrogen-bond acceptors (Lipinski definition) is 6. The standard InChI is InChI=1S/C72H136O6/c1-4-7-10-13-16-19-22-25-28-29-30-31-32-33-34-35-36-37-38-39-40-41-42-43-45-47-50-53-56-59-62-65-71(74)77-68-69(67-76-70(73)64-61-58-55-52-49-46-27-24-21-18-15-12-9-6-3)78-72(75)66-63-60-57-54-51-48-44-26-23-20-17-14-11-8-5-2/h24,27,29-30,69H,4-23,25-26,28,31-68H2,1-3H3/b27-24-,30-29-. The van der Waals surface area contributed by atoms with E-state index in [-0.39, 0.29) is 31.1 Å². The quantitative estimate of drug-likeness (QED) is 0.0261. The summed E-state index contributed by atoms with van der Waals surface area (Å²) in [6, 6.07) is 0. The fraction of sp³-hybridized carbons (Fsp3) is 0.903. The zero-order chi connectivity index (χ0) is 56.4. The average molecular weight is 1100 g/mol. The number of unbranched alkanes of at least 4 members (excludes halogenated alkanes) is 51. The SMILES string of the molecule is CCCCCCC/C=C\CCCCCCCC(=O)OCC(COC(=O)CCCCCCCCCCCCCCCCCCCCC/C=C\CCCCCCCCCC)OC(=O)CCCCCCCCCCCCCCCCC. The Morgan fingerprint density at radius 1 is 0.244 bits per heavy atom. The monoisotopic (exact) mass is 1100 g/mol. The molecule has 6 heteroatoms. The minimum Gasteiger partial charge on any atom is -0.462 e. The number of esters is 3. The molecule has 0 spiro atoms. The lowest BCUT2D eigenvalue weighted by Crippen LogP contribution is -2.30. The molecule has 0 radical (unpaired) electrons. The Morgan fingerprint density at radius 3 is 0.641 bits per heavy atom. The van der Waals surface area contributed by atoms with Gasteiger partial charge in [-0.3, -0.25) is 14.4 Å². The number of carbonyl (C=O) groups is 3. The van der Waals surface area contributed by atoms with Crippen LogP contribution < -0.4 is 0 Å². The lowest BCUT2D eigenvalue weighted by molar-refractivity contribution is -0.167. The molecule has 0 aliphatic carbocycles. The van der Waals surface area contributed by atoms with Gasteiger partial charge in [-0.05, 0) is 70.6 Å². The van der Waals surface area contributed by atoms with Gasteiger partial charge in [-0.25, -0.2) is 0 Å². The summed E-state index contributed by atoms with van der Waals surface area (Å²) in [6.07, 6.45) is 82.2. The highest BCUT2D eigenvalue weighted by atomic mass is 16.6. The van der Waals surface area contributed by atoms with E-state index in [0.29, 0.717) is 19.3 Å². The predicted octanol–water partition coefficient (Wildman–Crippen LogP) is 24.2. The van der Waals surface area contributed by atoms with Crippen LogP contribution in [0, 0.1) is 0 Å². The van der Waals surface area contributed by atoms with Gasteiger partial charge < -0.3 is 14.2 Å². The van der Waals surface area contributed by atoms with Gasteiger partial charge in [0, 0.05) is 19.3 Å². The maximum Gasteiger partial charge on any atom is 0.306 e. The molecule has 0 rings (SSSR count). The fourth-order valence-corrected chi connectivity index (χ4v) is 10.8. The van der Waals surface area contributed by atoms with Gasteiger partial charge in [-0.15, -0.1) is 0 Å². The normalized spacial score (nSPS) is 12.1. The Bertz CT molecular complexity index is 1260. The lowest BCUT2D eigenvalue weighted by Gasteiger charge is -2.18. The van der Waals surface area contributed by atoms with Crippen LogP contribution in [0.2, 0.25) is 0 Å². The van der Waals surface area contributed by atoms with Crippen molar-refractivity contribution in [3.05, 3.63) is 24.3 Å². The molecule has 1 unspecified atom stereocenters. The fourth-order valence-electron chi connectivity index (χ4n) is 10.8. The summed E-state index contributed by atoms with van der Waals surface area (Å²) < 4.78 is 17.0. The third-order valence-corrected chi connectivity index (χ3v) is 16.2. The minimum atomic E-state index is -0.770. The topological polar surface area (TPSA) is 78.9 Å². The first-order valence-electron chi connectivity index (χ1n) is 35.3. The second-order valence-electron chi connectivity index (χ2n) is 24.1. The molecule has 0 aromatic carbocycles. The van der Waals surface area contributed by atoms with Crippen LogP contribution in [0.15, 0.2) is 24.3 Å². The van der Waals surface area contributed by atoms with E-state index >= 15 is 0 Å². The number of carbonyl (C=O) groups excluding carboxylic acids is 3. The molecule has 0 aromatic heterocycles. The Kier molecular flexibility index (Phi) is 65.6. The third kappa shape index (κ3) is 64.7. The zero-order valence-electron chi connectivity index (χ0n) is 53.0. The molecule has 0 amide bonds. The second-order valence-corrected chi connectivity index (χ2v) is 24.1. The highest BCUT2D eigenvalue weighted by molar-refractivity contribution is 5.71. The summed E-state index contributed by atoms with van der Waals surface area (Å²) in [7, 11) is 0. The van der Waals surface area contributed by atoms with E-state index < -0.39 is 6.10 Å². The summed E-state index contributed by atoms with van der Waals surface area (Å²) in [5, 5.41) is 0. The molecular weight excluding hydrogens is 961 g/mol. The number of rotatable bonds is 66. The van der Waals surface area contributed by atoms with Gasteiger partial charge in [-0.2, -0.15) is 0 Å². The van der Waals surface area contributed by atoms with Gasteiger partial charge in [0.25, 0.3) is 0 Å². The van der Waals surface area contributed by atoms with E-state index in [1.807, 2.05) is 0 Å². The summed E-state index contributed by atoms with van der Waals surface area (Å²) in [5.41, 5.74) is 0. The van der Waals surface area contributed by atoms with Crippen molar-refractivity contribution >= 4 is 17.9 Å². The van der Waals surface area contributed by atoms with Crippen LogP contribution in [0.25, 0.3) is 0 Å². The molecule has 460 valence electrons. The molecule has 0 N–H and O–H groups in total. The molecule has 0 saturated heterocycles. The summed E-state index contributed by atoms with van der Waals surface area (Å²) in [5.74, 6) is -0.846. The van der Waals surface area contributed by atoms with Crippen LogP contribution in [-0.2, 0) is 28.6 Å². The van der Waals surface area contributed by atoms with E-state index in [1.54, 1.807) is 0 Å². The Hall–Kier alpha value is -2.11. The highest BCUT2D eigenvalue weighted by Gasteiger charge is 2.19. The van der Waals surface area contributed by atoms with E-state index in [1.165, 1.54) is 295 Å². The molecule has 1 atom stereocenters. The van der Waals surface area contributed by atoms with Crippen molar-refractivity contribution in [2.24, 2.45) is 0 Å². The molecule has 0 saturated carbocycles. The van der Waals surface area contributed by atoms with Crippen molar-refractivity contribution in [2.75, 3.05) is 13.2 Å². The Balaban J connectivity index is 4.12. The average Bonchev–Trinajstić information content (AvgIpc) is 3.44. The second kappa shape index (κ2) is 67.4. The van der Waals surface area contributed by atoms with Crippen molar-refractivity contribution in [1.29, 1.82) is 0 Å². The van der Waals surface area contributed by atoms with Gasteiger partial charge >= 0.3 is 17.9 Å². The van der Waals surface area contributed by atoms with Crippen LogP contribution in [0.4, 0.5) is 0 Å². The zero-order valence-corrected chi connectivity index (χ0v) is 53.0. The molecule has 0 aliphatic heterocycles.